The molecule has 0 aromatic carbocycles. The molecule has 1 aliphatic carbocycles. The molecule has 1 N–H and O–H groups in total. The molecule has 1 saturated carbocycles. The molecule has 4 nitrogen and oxygen atoms in total. The van der Waals surface area contributed by atoms with Gasteiger partial charge in [-0.3, -0.25) is 9.69 Å². The summed E-state index contributed by atoms with van der Waals surface area (Å²) >= 11 is 0. The fourth-order valence-corrected chi connectivity index (χ4v) is 1.99. The molecule has 0 aromatic rings. The standard InChI is InChI=1S/C12H23NO3/c1-4-7-13(8-10-5-6-10)12(2,9-16-3)11(14)15/h10H,4-9H2,1-3H3,(H,14,15). The third-order valence-corrected chi connectivity index (χ3v) is 3.25. The first-order valence-electron chi connectivity index (χ1n) is 6.02. The molecule has 0 aliphatic heterocycles. The van der Waals surface area contributed by atoms with Crippen LogP contribution >= 0.6 is 0 Å². The van der Waals surface area contributed by atoms with Crippen molar-refractivity contribution in [2.24, 2.45) is 5.92 Å². The van der Waals surface area contributed by atoms with Gasteiger partial charge in [-0.15, -0.1) is 0 Å². The summed E-state index contributed by atoms with van der Waals surface area (Å²) in [5, 5.41) is 9.37. The highest BCUT2D eigenvalue weighted by Crippen LogP contribution is 2.32. The molecule has 0 amide bonds. The average Bonchev–Trinajstić information content (AvgIpc) is 3.01. The van der Waals surface area contributed by atoms with Gasteiger partial charge in [0.15, 0.2) is 0 Å². The first-order chi connectivity index (χ1) is 7.54. The Balaban J connectivity index is 2.71. The Kier molecular flexibility index (Phi) is 4.74. The van der Waals surface area contributed by atoms with E-state index < -0.39 is 11.5 Å². The van der Waals surface area contributed by atoms with Crippen molar-refractivity contribution >= 4 is 5.97 Å². The normalized spacial score (nSPS) is 19.8. The molecule has 4 heteroatoms. The van der Waals surface area contributed by atoms with Gasteiger partial charge in [0, 0.05) is 13.7 Å². The molecule has 0 saturated heterocycles. The predicted octanol–water partition coefficient (Wildman–Crippen LogP) is 1.60. The smallest absolute Gasteiger partial charge is 0.326 e. The molecule has 1 fully saturated rings. The van der Waals surface area contributed by atoms with Crippen LogP contribution in [0, 0.1) is 5.92 Å². The zero-order valence-corrected chi connectivity index (χ0v) is 10.5. The van der Waals surface area contributed by atoms with Crippen molar-refractivity contribution in [3.8, 4) is 0 Å². The van der Waals surface area contributed by atoms with E-state index in [-0.39, 0.29) is 6.61 Å². The Hall–Kier alpha value is -0.610. The molecule has 0 spiro atoms. The Morgan fingerprint density at radius 1 is 1.56 bits per heavy atom. The number of hydrogen-bond acceptors (Lipinski definition) is 3. The van der Waals surface area contributed by atoms with E-state index in [0.29, 0.717) is 5.92 Å². The fourth-order valence-electron chi connectivity index (χ4n) is 1.99. The van der Waals surface area contributed by atoms with E-state index in [4.69, 9.17) is 4.74 Å². The van der Waals surface area contributed by atoms with Gasteiger partial charge >= 0.3 is 5.97 Å². The van der Waals surface area contributed by atoms with Crippen LogP contribution in [0.15, 0.2) is 0 Å². The maximum absolute atomic E-state index is 11.4. The first kappa shape index (κ1) is 13.5. The van der Waals surface area contributed by atoms with Crippen molar-refractivity contribution in [2.75, 3.05) is 26.8 Å². The van der Waals surface area contributed by atoms with Crippen molar-refractivity contribution < 1.29 is 14.6 Å². The van der Waals surface area contributed by atoms with E-state index in [1.807, 2.05) is 0 Å². The van der Waals surface area contributed by atoms with Crippen LogP contribution in [0.3, 0.4) is 0 Å². The number of rotatable bonds is 8. The van der Waals surface area contributed by atoms with Crippen molar-refractivity contribution in [3.05, 3.63) is 0 Å². The molecule has 1 rings (SSSR count). The summed E-state index contributed by atoms with van der Waals surface area (Å²) in [5.74, 6) is -0.0921. The number of aliphatic carboxylic acids is 1. The molecule has 1 unspecified atom stereocenters. The molecule has 0 radical (unpaired) electrons. The van der Waals surface area contributed by atoms with Crippen LogP contribution in [0.25, 0.3) is 0 Å². The largest absolute Gasteiger partial charge is 0.480 e. The van der Waals surface area contributed by atoms with Gasteiger partial charge in [-0.25, -0.2) is 0 Å². The number of hydrogen-bond donors (Lipinski definition) is 1. The predicted molar refractivity (Wildman–Crippen MR) is 62.5 cm³/mol. The van der Waals surface area contributed by atoms with Crippen molar-refractivity contribution in [1.82, 2.24) is 4.90 Å². The van der Waals surface area contributed by atoms with Crippen molar-refractivity contribution in [2.45, 2.75) is 38.6 Å². The van der Waals surface area contributed by atoms with E-state index in [1.165, 1.54) is 12.8 Å². The molecule has 94 valence electrons. The van der Waals surface area contributed by atoms with Crippen LogP contribution in [0.5, 0.6) is 0 Å². The van der Waals surface area contributed by atoms with Gasteiger partial charge in [0.05, 0.1) is 6.61 Å². The minimum atomic E-state index is -0.882. The monoisotopic (exact) mass is 229 g/mol. The topological polar surface area (TPSA) is 49.8 Å². The highest BCUT2D eigenvalue weighted by atomic mass is 16.5. The van der Waals surface area contributed by atoms with Gasteiger partial charge < -0.3 is 9.84 Å². The van der Waals surface area contributed by atoms with E-state index in [0.717, 1.165) is 19.5 Å². The molecule has 0 heterocycles. The van der Waals surface area contributed by atoms with Gasteiger partial charge in [0.1, 0.15) is 5.54 Å². The third-order valence-electron chi connectivity index (χ3n) is 3.25. The Labute approximate surface area is 97.6 Å². The maximum atomic E-state index is 11.4. The summed E-state index contributed by atoms with van der Waals surface area (Å²) in [6.45, 7) is 5.80. The van der Waals surface area contributed by atoms with Crippen molar-refractivity contribution in [3.63, 3.8) is 0 Å². The van der Waals surface area contributed by atoms with Gasteiger partial charge in [-0.05, 0) is 38.6 Å². The van der Waals surface area contributed by atoms with Crippen molar-refractivity contribution in [1.29, 1.82) is 0 Å². The van der Waals surface area contributed by atoms with Gasteiger partial charge in [-0.2, -0.15) is 0 Å². The average molecular weight is 229 g/mol. The number of carbonyl (C=O) groups is 1. The molecule has 16 heavy (non-hydrogen) atoms. The van der Waals surface area contributed by atoms with Crippen LogP contribution in [-0.4, -0.2) is 48.3 Å². The van der Waals surface area contributed by atoms with E-state index in [2.05, 4.69) is 11.8 Å². The molecular weight excluding hydrogens is 206 g/mol. The summed E-state index contributed by atoms with van der Waals surface area (Å²) in [6, 6.07) is 0. The molecule has 0 aromatic heterocycles. The maximum Gasteiger partial charge on any atom is 0.326 e. The van der Waals surface area contributed by atoms with Gasteiger partial charge in [0.25, 0.3) is 0 Å². The Bertz CT molecular complexity index is 240. The lowest BCUT2D eigenvalue weighted by molar-refractivity contribution is -0.154. The SMILES string of the molecule is CCCN(CC1CC1)C(C)(COC)C(=O)O. The third kappa shape index (κ3) is 3.19. The second-order valence-corrected chi connectivity index (χ2v) is 4.90. The number of carboxylic acids is 1. The summed E-state index contributed by atoms with van der Waals surface area (Å²) in [4.78, 5) is 13.5. The zero-order chi connectivity index (χ0) is 12.2. The van der Waals surface area contributed by atoms with Gasteiger partial charge in [0.2, 0.25) is 0 Å². The fraction of sp³-hybridized carbons (Fsp3) is 0.917. The highest BCUT2D eigenvalue weighted by molar-refractivity contribution is 5.78. The second-order valence-electron chi connectivity index (χ2n) is 4.90. The molecule has 1 aliphatic rings. The van der Waals surface area contributed by atoms with E-state index in [1.54, 1.807) is 14.0 Å². The number of nitrogens with zero attached hydrogens (tertiary/aromatic N) is 1. The van der Waals surface area contributed by atoms with Crippen LogP contribution in [0.4, 0.5) is 0 Å². The van der Waals surface area contributed by atoms with E-state index >= 15 is 0 Å². The zero-order valence-electron chi connectivity index (χ0n) is 10.5. The quantitative estimate of drug-likeness (QED) is 0.687. The number of ether oxygens (including phenoxy) is 1. The summed E-state index contributed by atoms with van der Waals surface area (Å²) in [7, 11) is 1.56. The molecule has 0 bridgehead atoms. The van der Waals surface area contributed by atoms with Crippen LogP contribution in [0.1, 0.15) is 33.1 Å². The summed E-state index contributed by atoms with van der Waals surface area (Å²) in [5.41, 5.74) is -0.882. The van der Waals surface area contributed by atoms with Gasteiger partial charge in [-0.1, -0.05) is 6.92 Å². The Morgan fingerprint density at radius 3 is 2.56 bits per heavy atom. The Morgan fingerprint density at radius 2 is 2.19 bits per heavy atom. The van der Waals surface area contributed by atoms with Crippen LogP contribution < -0.4 is 0 Å². The van der Waals surface area contributed by atoms with Crippen LogP contribution in [0.2, 0.25) is 0 Å². The lowest BCUT2D eigenvalue weighted by Crippen LogP contribution is -2.56. The van der Waals surface area contributed by atoms with E-state index in [9.17, 15) is 9.90 Å². The first-order valence-corrected chi connectivity index (χ1v) is 6.02. The molecule has 1 atom stereocenters. The lowest BCUT2D eigenvalue weighted by atomic mass is 10.00. The van der Waals surface area contributed by atoms with Crippen LogP contribution in [-0.2, 0) is 9.53 Å². The number of methoxy groups -OCH3 is 1. The minimum absolute atomic E-state index is 0.245. The summed E-state index contributed by atoms with van der Waals surface area (Å²) < 4.78 is 5.08. The molecular formula is C12H23NO3. The highest BCUT2D eigenvalue weighted by Gasteiger charge is 2.41. The lowest BCUT2D eigenvalue weighted by Gasteiger charge is -2.37. The number of carboxylic acid groups (broad SMARTS) is 1. The minimum Gasteiger partial charge on any atom is -0.480 e. The second kappa shape index (κ2) is 5.64. The summed E-state index contributed by atoms with van der Waals surface area (Å²) in [6.07, 6.45) is 3.45.